The quantitative estimate of drug-likeness (QED) is 0.627. The van der Waals surface area contributed by atoms with Gasteiger partial charge in [0.05, 0.1) is 0 Å². The van der Waals surface area contributed by atoms with Gasteiger partial charge in [0.1, 0.15) is 6.04 Å². The maximum absolute atomic E-state index is 11.7. The number of carbonyl (C=O) groups is 2. The first-order chi connectivity index (χ1) is 8.36. The van der Waals surface area contributed by atoms with E-state index in [0.29, 0.717) is 18.9 Å². The van der Waals surface area contributed by atoms with E-state index in [1.165, 1.54) is 0 Å². The Kier molecular flexibility index (Phi) is 11.9. The highest BCUT2D eigenvalue weighted by atomic mass is 35.5. The molecule has 114 valence electrons. The van der Waals surface area contributed by atoms with Gasteiger partial charge in [0, 0.05) is 19.0 Å². The lowest BCUT2D eigenvalue weighted by molar-refractivity contribution is -0.128. The Morgan fingerprint density at radius 2 is 1.68 bits per heavy atom. The number of rotatable bonds is 8. The maximum Gasteiger partial charge on any atom is 0.242 e. The largest absolute Gasteiger partial charge is 0.354 e. The SMILES string of the molecule is CCNC(C)CC(=O)NC(C)C(=O)NCC(C)C.Cl. The van der Waals surface area contributed by atoms with Crippen molar-refractivity contribution in [3.8, 4) is 0 Å². The third-order valence-corrected chi connectivity index (χ3v) is 2.50. The van der Waals surface area contributed by atoms with E-state index < -0.39 is 6.04 Å². The number of hydrogen-bond donors (Lipinski definition) is 3. The van der Waals surface area contributed by atoms with Gasteiger partial charge in [-0.05, 0) is 26.3 Å². The van der Waals surface area contributed by atoms with Crippen LogP contribution in [0.2, 0.25) is 0 Å². The molecule has 0 fully saturated rings. The van der Waals surface area contributed by atoms with Crippen LogP contribution in [0.5, 0.6) is 0 Å². The van der Waals surface area contributed by atoms with E-state index in [1.54, 1.807) is 6.92 Å². The molecule has 19 heavy (non-hydrogen) atoms. The predicted molar refractivity (Wildman–Crippen MR) is 80.5 cm³/mol. The molecule has 6 heteroatoms. The third kappa shape index (κ3) is 10.8. The van der Waals surface area contributed by atoms with Crippen molar-refractivity contribution in [3.63, 3.8) is 0 Å². The van der Waals surface area contributed by atoms with Crippen LogP contribution in [0.4, 0.5) is 0 Å². The molecule has 0 aliphatic heterocycles. The molecule has 0 aliphatic carbocycles. The Labute approximate surface area is 122 Å². The molecule has 0 saturated carbocycles. The van der Waals surface area contributed by atoms with E-state index in [1.807, 2.05) is 27.7 Å². The predicted octanol–water partition coefficient (Wildman–Crippen LogP) is 1.07. The van der Waals surface area contributed by atoms with Crippen LogP contribution >= 0.6 is 12.4 Å². The summed E-state index contributed by atoms with van der Waals surface area (Å²) >= 11 is 0. The highest BCUT2D eigenvalue weighted by Crippen LogP contribution is 1.93. The molecule has 0 rings (SSSR count). The van der Waals surface area contributed by atoms with Crippen LogP contribution in [0.3, 0.4) is 0 Å². The Morgan fingerprint density at radius 3 is 2.16 bits per heavy atom. The molecule has 0 aromatic carbocycles. The zero-order valence-electron chi connectivity index (χ0n) is 12.6. The summed E-state index contributed by atoms with van der Waals surface area (Å²) in [5, 5.41) is 8.66. The van der Waals surface area contributed by atoms with Gasteiger partial charge in [-0.1, -0.05) is 20.8 Å². The van der Waals surface area contributed by atoms with Gasteiger partial charge in [0.25, 0.3) is 0 Å². The molecule has 0 radical (unpaired) electrons. The normalized spacial score (nSPS) is 13.4. The number of carbonyl (C=O) groups excluding carboxylic acids is 2. The van der Waals surface area contributed by atoms with Gasteiger partial charge in [0.15, 0.2) is 0 Å². The zero-order valence-corrected chi connectivity index (χ0v) is 13.4. The molecule has 3 N–H and O–H groups in total. The van der Waals surface area contributed by atoms with Crippen LogP contribution in [0.15, 0.2) is 0 Å². The summed E-state index contributed by atoms with van der Waals surface area (Å²) in [5.74, 6) is 0.175. The van der Waals surface area contributed by atoms with Crippen LogP contribution in [0.1, 0.15) is 41.0 Å². The van der Waals surface area contributed by atoms with Gasteiger partial charge in [-0.15, -0.1) is 12.4 Å². The average molecular weight is 294 g/mol. The topological polar surface area (TPSA) is 70.2 Å². The smallest absolute Gasteiger partial charge is 0.242 e. The van der Waals surface area contributed by atoms with Crippen LogP contribution in [0.25, 0.3) is 0 Å². The summed E-state index contributed by atoms with van der Waals surface area (Å²) in [4.78, 5) is 23.3. The van der Waals surface area contributed by atoms with Crippen molar-refractivity contribution in [1.82, 2.24) is 16.0 Å². The fourth-order valence-electron chi connectivity index (χ4n) is 1.52. The van der Waals surface area contributed by atoms with Gasteiger partial charge in [-0.25, -0.2) is 0 Å². The van der Waals surface area contributed by atoms with E-state index in [0.717, 1.165) is 6.54 Å². The molecule has 0 spiro atoms. The van der Waals surface area contributed by atoms with Gasteiger partial charge < -0.3 is 16.0 Å². The summed E-state index contributed by atoms with van der Waals surface area (Å²) in [6.45, 7) is 11.2. The Bertz CT molecular complexity index is 273. The number of amides is 2. The minimum absolute atomic E-state index is 0. The molecular formula is C13H28ClN3O2. The summed E-state index contributed by atoms with van der Waals surface area (Å²) in [6, 6.07) is -0.356. The standard InChI is InChI=1S/C13H27N3O2.ClH/c1-6-14-10(4)7-12(17)16-11(5)13(18)15-8-9(2)3;/h9-11,14H,6-8H2,1-5H3,(H,15,18)(H,16,17);1H. The first-order valence-electron chi connectivity index (χ1n) is 6.67. The second-order valence-electron chi connectivity index (χ2n) is 5.09. The molecule has 0 aliphatic rings. The minimum atomic E-state index is -0.481. The molecule has 2 amide bonds. The first kappa shape index (κ1) is 20.5. The van der Waals surface area contributed by atoms with Crippen molar-refractivity contribution in [2.45, 2.75) is 53.1 Å². The molecule has 0 heterocycles. The molecule has 2 atom stereocenters. The van der Waals surface area contributed by atoms with Gasteiger partial charge >= 0.3 is 0 Å². The molecule has 2 unspecified atom stereocenters. The van der Waals surface area contributed by atoms with Crippen LogP contribution < -0.4 is 16.0 Å². The molecule has 0 aromatic heterocycles. The molecule has 5 nitrogen and oxygen atoms in total. The summed E-state index contributed by atoms with van der Waals surface area (Å²) in [6.07, 6.45) is 0.385. The zero-order chi connectivity index (χ0) is 14.1. The highest BCUT2D eigenvalue weighted by Gasteiger charge is 2.16. The van der Waals surface area contributed by atoms with Crippen LogP contribution in [-0.2, 0) is 9.59 Å². The van der Waals surface area contributed by atoms with E-state index >= 15 is 0 Å². The average Bonchev–Trinajstić information content (AvgIpc) is 2.25. The van der Waals surface area contributed by atoms with Crippen LogP contribution in [-0.4, -0.2) is 37.0 Å². The Hall–Kier alpha value is -0.810. The van der Waals surface area contributed by atoms with Gasteiger partial charge in [-0.2, -0.15) is 0 Å². The number of hydrogen-bond acceptors (Lipinski definition) is 3. The van der Waals surface area contributed by atoms with Crippen molar-refractivity contribution >= 4 is 24.2 Å². The summed E-state index contributed by atoms with van der Waals surface area (Å²) in [5.41, 5.74) is 0. The Balaban J connectivity index is 0. The highest BCUT2D eigenvalue weighted by molar-refractivity contribution is 5.87. The van der Waals surface area contributed by atoms with E-state index in [4.69, 9.17) is 0 Å². The van der Waals surface area contributed by atoms with Crippen molar-refractivity contribution in [2.75, 3.05) is 13.1 Å². The molecule has 0 saturated heterocycles. The second kappa shape index (κ2) is 11.1. The van der Waals surface area contributed by atoms with E-state index in [9.17, 15) is 9.59 Å². The van der Waals surface area contributed by atoms with E-state index in [-0.39, 0.29) is 30.3 Å². The summed E-state index contributed by atoms with van der Waals surface area (Å²) in [7, 11) is 0. The van der Waals surface area contributed by atoms with Gasteiger partial charge in [-0.3, -0.25) is 9.59 Å². The van der Waals surface area contributed by atoms with Crippen molar-refractivity contribution < 1.29 is 9.59 Å². The lowest BCUT2D eigenvalue weighted by Gasteiger charge is -2.17. The van der Waals surface area contributed by atoms with E-state index in [2.05, 4.69) is 16.0 Å². The molecule has 0 bridgehead atoms. The minimum Gasteiger partial charge on any atom is -0.354 e. The van der Waals surface area contributed by atoms with Crippen molar-refractivity contribution in [1.29, 1.82) is 0 Å². The third-order valence-electron chi connectivity index (χ3n) is 2.50. The maximum atomic E-state index is 11.7. The second-order valence-corrected chi connectivity index (χ2v) is 5.09. The fourth-order valence-corrected chi connectivity index (χ4v) is 1.52. The van der Waals surface area contributed by atoms with Crippen LogP contribution in [0, 0.1) is 5.92 Å². The fraction of sp³-hybridized carbons (Fsp3) is 0.846. The van der Waals surface area contributed by atoms with Crippen molar-refractivity contribution in [2.24, 2.45) is 5.92 Å². The number of halogens is 1. The Morgan fingerprint density at radius 1 is 1.11 bits per heavy atom. The summed E-state index contributed by atoms with van der Waals surface area (Å²) < 4.78 is 0. The molecule has 0 aromatic rings. The monoisotopic (exact) mass is 293 g/mol. The molecular weight excluding hydrogens is 266 g/mol. The van der Waals surface area contributed by atoms with Gasteiger partial charge in [0.2, 0.25) is 11.8 Å². The number of nitrogens with one attached hydrogen (secondary N) is 3. The lowest BCUT2D eigenvalue weighted by Crippen LogP contribution is -2.46. The lowest BCUT2D eigenvalue weighted by atomic mass is 10.2. The first-order valence-corrected chi connectivity index (χ1v) is 6.67. The van der Waals surface area contributed by atoms with Crippen molar-refractivity contribution in [3.05, 3.63) is 0 Å².